The molecular formula is C10H12N2O2. The van der Waals surface area contributed by atoms with E-state index < -0.39 is 5.97 Å². The molecule has 0 radical (unpaired) electrons. The number of aromatic carboxylic acids is 1. The van der Waals surface area contributed by atoms with E-state index in [1.165, 1.54) is 0 Å². The van der Waals surface area contributed by atoms with Crippen molar-refractivity contribution in [2.45, 2.75) is 25.8 Å². The van der Waals surface area contributed by atoms with E-state index in [4.69, 9.17) is 10.4 Å². The fourth-order valence-corrected chi connectivity index (χ4v) is 1.20. The topological polar surface area (TPSA) is 66.0 Å². The maximum atomic E-state index is 10.5. The molecule has 0 fully saturated rings. The molecule has 0 atom stereocenters. The second kappa shape index (κ2) is 5.07. The monoisotopic (exact) mass is 192 g/mol. The van der Waals surface area contributed by atoms with Crippen LogP contribution in [-0.4, -0.2) is 15.6 Å². The van der Waals surface area contributed by atoms with Gasteiger partial charge in [0.2, 0.25) is 0 Å². The Labute approximate surface area is 82.4 Å². The fraction of sp³-hybridized carbons (Fsp3) is 0.400. The van der Waals surface area contributed by atoms with E-state index in [9.17, 15) is 4.79 Å². The Morgan fingerprint density at radius 2 is 2.36 bits per heavy atom. The van der Waals surface area contributed by atoms with Gasteiger partial charge in [0.05, 0.1) is 11.6 Å². The average Bonchev–Trinajstić information content (AvgIpc) is 2.61. The molecule has 0 spiro atoms. The van der Waals surface area contributed by atoms with Crippen molar-refractivity contribution in [3.8, 4) is 6.07 Å². The maximum absolute atomic E-state index is 10.5. The zero-order valence-corrected chi connectivity index (χ0v) is 7.81. The molecule has 0 aliphatic heterocycles. The van der Waals surface area contributed by atoms with Crippen molar-refractivity contribution in [3.05, 3.63) is 24.0 Å². The number of nitrogens with zero attached hydrogens (tertiary/aromatic N) is 2. The van der Waals surface area contributed by atoms with Gasteiger partial charge < -0.3 is 9.67 Å². The van der Waals surface area contributed by atoms with Gasteiger partial charge in [0.15, 0.2) is 0 Å². The Kier molecular flexibility index (Phi) is 3.74. The van der Waals surface area contributed by atoms with E-state index in [2.05, 4.69) is 6.07 Å². The van der Waals surface area contributed by atoms with E-state index in [1.54, 1.807) is 18.5 Å². The van der Waals surface area contributed by atoms with Gasteiger partial charge in [0.1, 0.15) is 0 Å². The van der Waals surface area contributed by atoms with E-state index in [0.29, 0.717) is 12.0 Å². The summed E-state index contributed by atoms with van der Waals surface area (Å²) >= 11 is 0. The molecule has 1 heterocycles. The number of aryl methyl sites for hydroxylation is 1. The summed E-state index contributed by atoms with van der Waals surface area (Å²) in [4.78, 5) is 10.5. The molecule has 0 bridgehead atoms. The molecule has 0 aliphatic rings. The first kappa shape index (κ1) is 10.3. The minimum atomic E-state index is -0.902. The Hall–Kier alpha value is -1.76. The zero-order chi connectivity index (χ0) is 10.4. The van der Waals surface area contributed by atoms with Crippen LogP contribution in [0, 0.1) is 11.3 Å². The molecule has 14 heavy (non-hydrogen) atoms. The van der Waals surface area contributed by atoms with E-state index in [-0.39, 0.29) is 0 Å². The summed E-state index contributed by atoms with van der Waals surface area (Å²) in [6.45, 7) is 0.773. The minimum Gasteiger partial charge on any atom is -0.478 e. The summed E-state index contributed by atoms with van der Waals surface area (Å²) in [7, 11) is 0. The molecular weight excluding hydrogens is 180 g/mol. The van der Waals surface area contributed by atoms with Crippen LogP contribution in [0.15, 0.2) is 18.5 Å². The Morgan fingerprint density at radius 1 is 1.57 bits per heavy atom. The molecule has 0 saturated heterocycles. The molecule has 0 amide bonds. The lowest BCUT2D eigenvalue weighted by atomic mass is 10.2. The molecule has 1 aromatic rings. The van der Waals surface area contributed by atoms with Gasteiger partial charge >= 0.3 is 5.97 Å². The lowest BCUT2D eigenvalue weighted by molar-refractivity contribution is 0.0697. The molecule has 4 nitrogen and oxygen atoms in total. The highest BCUT2D eigenvalue weighted by molar-refractivity contribution is 5.87. The number of hydrogen-bond donors (Lipinski definition) is 1. The van der Waals surface area contributed by atoms with Gasteiger partial charge in [-0.1, -0.05) is 0 Å². The van der Waals surface area contributed by atoms with Gasteiger partial charge in [-0.3, -0.25) is 0 Å². The number of rotatable bonds is 5. The van der Waals surface area contributed by atoms with Crippen molar-refractivity contribution in [2.24, 2.45) is 0 Å². The molecule has 1 rings (SSSR count). The number of unbranched alkanes of at least 4 members (excludes halogenated alkanes) is 2. The Morgan fingerprint density at radius 3 is 2.93 bits per heavy atom. The molecule has 1 N–H and O–H groups in total. The second-order valence-electron chi connectivity index (χ2n) is 3.06. The van der Waals surface area contributed by atoms with Gasteiger partial charge in [0, 0.05) is 25.4 Å². The Balaban J connectivity index is 2.37. The lowest BCUT2D eigenvalue weighted by Gasteiger charge is -1.99. The van der Waals surface area contributed by atoms with Crippen LogP contribution in [0.3, 0.4) is 0 Å². The van der Waals surface area contributed by atoms with Gasteiger partial charge in [-0.15, -0.1) is 0 Å². The third kappa shape index (κ3) is 2.94. The second-order valence-corrected chi connectivity index (χ2v) is 3.06. The summed E-state index contributed by atoms with van der Waals surface area (Å²) in [5.41, 5.74) is 0.310. The summed E-state index contributed by atoms with van der Waals surface area (Å²) < 4.78 is 1.83. The van der Waals surface area contributed by atoms with Crippen molar-refractivity contribution < 1.29 is 9.90 Å². The maximum Gasteiger partial charge on any atom is 0.337 e. The molecule has 4 heteroatoms. The molecule has 0 unspecified atom stereocenters. The first-order chi connectivity index (χ1) is 6.74. The van der Waals surface area contributed by atoms with Crippen LogP contribution in [0.4, 0.5) is 0 Å². The van der Waals surface area contributed by atoms with Crippen LogP contribution in [0.1, 0.15) is 29.6 Å². The molecule has 0 aromatic carbocycles. The lowest BCUT2D eigenvalue weighted by Crippen LogP contribution is -1.96. The van der Waals surface area contributed by atoms with E-state index in [1.807, 2.05) is 4.57 Å². The predicted molar refractivity (Wildman–Crippen MR) is 50.9 cm³/mol. The average molecular weight is 192 g/mol. The number of carboxylic acid groups (broad SMARTS) is 1. The zero-order valence-electron chi connectivity index (χ0n) is 7.81. The van der Waals surface area contributed by atoms with Crippen LogP contribution < -0.4 is 0 Å². The van der Waals surface area contributed by atoms with E-state index in [0.717, 1.165) is 19.4 Å². The highest BCUT2D eigenvalue weighted by Gasteiger charge is 2.03. The predicted octanol–water partition coefficient (Wildman–Crippen LogP) is 1.88. The Bertz CT molecular complexity index is 349. The van der Waals surface area contributed by atoms with Crippen molar-refractivity contribution in [1.82, 2.24) is 4.57 Å². The van der Waals surface area contributed by atoms with Gasteiger partial charge in [0.25, 0.3) is 0 Å². The summed E-state index contributed by atoms with van der Waals surface area (Å²) in [5, 5.41) is 17.0. The standard InChI is InChI=1S/C10H12N2O2/c11-5-2-1-3-6-12-7-4-9(8-12)10(13)14/h4,7-8H,1-3,6H2,(H,13,14). The third-order valence-electron chi connectivity index (χ3n) is 1.95. The van der Waals surface area contributed by atoms with Crippen molar-refractivity contribution in [3.63, 3.8) is 0 Å². The SMILES string of the molecule is N#CCCCCn1ccc(C(=O)O)c1. The number of carbonyl (C=O) groups is 1. The van der Waals surface area contributed by atoms with Crippen LogP contribution >= 0.6 is 0 Å². The van der Waals surface area contributed by atoms with Gasteiger partial charge in [-0.2, -0.15) is 5.26 Å². The molecule has 0 aliphatic carbocycles. The summed E-state index contributed by atoms with van der Waals surface area (Å²) in [5.74, 6) is -0.902. The van der Waals surface area contributed by atoms with E-state index >= 15 is 0 Å². The van der Waals surface area contributed by atoms with Crippen LogP contribution in [0.5, 0.6) is 0 Å². The smallest absolute Gasteiger partial charge is 0.337 e. The summed E-state index contributed by atoms with van der Waals surface area (Å²) in [6, 6.07) is 3.65. The van der Waals surface area contributed by atoms with Crippen molar-refractivity contribution in [1.29, 1.82) is 5.26 Å². The van der Waals surface area contributed by atoms with Gasteiger partial charge in [-0.05, 0) is 18.9 Å². The first-order valence-corrected chi connectivity index (χ1v) is 4.50. The number of nitriles is 1. The van der Waals surface area contributed by atoms with Crippen LogP contribution in [0.2, 0.25) is 0 Å². The van der Waals surface area contributed by atoms with Crippen LogP contribution in [0.25, 0.3) is 0 Å². The number of carboxylic acids is 1. The highest BCUT2D eigenvalue weighted by Crippen LogP contribution is 2.04. The third-order valence-corrected chi connectivity index (χ3v) is 1.95. The molecule has 0 saturated carbocycles. The van der Waals surface area contributed by atoms with Crippen molar-refractivity contribution >= 4 is 5.97 Å². The minimum absolute atomic E-state index is 0.310. The highest BCUT2D eigenvalue weighted by atomic mass is 16.4. The number of hydrogen-bond acceptors (Lipinski definition) is 2. The number of aromatic nitrogens is 1. The van der Waals surface area contributed by atoms with Gasteiger partial charge in [-0.25, -0.2) is 4.79 Å². The van der Waals surface area contributed by atoms with Crippen LogP contribution in [-0.2, 0) is 6.54 Å². The quantitative estimate of drug-likeness (QED) is 0.724. The molecule has 1 aromatic heterocycles. The van der Waals surface area contributed by atoms with Crippen molar-refractivity contribution in [2.75, 3.05) is 0 Å². The molecule has 74 valence electrons. The normalized spacial score (nSPS) is 9.64. The first-order valence-electron chi connectivity index (χ1n) is 4.50. The summed E-state index contributed by atoms with van der Waals surface area (Å²) in [6.07, 6.45) is 5.68. The largest absolute Gasteiger partial charge is 0.478 e. The fourth-order valence-electron chi connectivity index (χ4n) is 1.20.